The molecule has 1 aromatic rings. The van der Waals surface area contributed by atoms with E-state index in [0.717, 1.165) is 29.1 Å². The second kappa shape index (κ2) is 6.83. The molecule has 1 aromatic carbocycles. The Morgan fingerprint density at radius 2 is 2.12 bits per heavy atom. The fraction of sp³-hybridized carbons (Fsp3) is 0.550. The summed E-state index contributed by atoms with van der Waals surface area (Å²) in [7, 11) is 1.59. The molecule has 1 atom stereocenters. The highest BCUT2D eigenvalue weighted by atomic mass is 16.7. The highest BCUT2D eigenvalue weighted by Gasteiger charge is 2.44. The van der Waals surface area contributed by atoms with Crippen LogP contribution in [-0.2, 0) is 9.47 Å². The lowest BCUT2D eigenvalue weighted by molar-refractivity contribution is 0.0246. The predicted molar refractivity (Wildman–Crippen MR) is 98.4 cm³/mol. The van der Waals surface area contributed by atoms with Crippen LogP contribution >= 0.6 is 0 Å². The van der Waals surface area contributed by atoms with Crippen LogP contribution in [0.2, 0.25) is 0 Å². The molecule has 142 valence electrons. The molecule has 1 fully saturated rings. The summed E-state index contributed by atoms with van der Waals surface area (Å²) in [6, 6.07) is 5.73. The van der Waals surface area contributed by atoms with Crippen molar-refractivity contribution in [3.8, 4) is 11.5 Å². The second-order valence-electron chi connectivity index (χ2n) is 7.83. The number of ether oxygens (including phenoxy) is 4. The zero-order valence-electron chi connectivity index (χ0n) is 16.1. The Morgan fingerprint density at radius 3 is 2.81 bits per heavy atom. The lowest BCUT2D eigenvalue weighted by atomic mass is 9.92. The van der Waals surface area contributed by atoms with Crippen LogP contribution in [0.1, 0.15) is 39.7 Å². The Labute approximate surface area is 154 Å². The molecule has 2 heterocycles. The van der Waals surface area contributed by atoms with Gasteiger partial charge in [0.05, 0.1) is 12.1 Å². The van der Waals surface area contributed by atoms with Crippen molar-refractivity contribution < 1.29 is 23.7 Å². The van der Waals surface area contributed by atoms with Gasteiger partial charge >= 0.3 is 6.09 Å². The Kier molecular flexibility index (Phi) is 4.88. The first kappa shape index (κ1) is 18.6. The number of amides is 1. The minimum absolute atomic E-state index is 0.182. The van der Waals surface area contributed by atoms with Crippen LogP contribution < -0.4 is 9.47 Å². The first-order valence-electron chi connectivity index (χ1n) is 8.84. The predicted octanol–water partition coefficient (Wildman–Crippen LogP) is 3.84. The van der Waals surface area contributed by atoms with Gasteiger partial charge < -0.3 is 23.8 Å². The van der Waals surface area contributed by atoms with Crippen molar-refractivity contribution in [3.63, 3.8) is 0 Å². The number of hydrogen-bond donors (Lipinski definition) is 0. The fourth-order valence-electron chi connectivity index (χ4n) is 3.43. The van der Waals surface area contributed by atoms with Gasteiger partial charge in [-0.15, -0.1) is 0 Å². The van der Waals surface area contributed by atoms with Crippen LogP contribution in [0, 0.1) is 0 Å². The Morgan fingerprint density at radius 1 is 1.35 bits per heavy atom. The molecule has 6 nitrogen and oxygen atoms in total. The number of fused-ring (bicyclic) bond motifs is 1. The molecule has 2 aliphatic rings. The maximum Gasteiger partial charge on any atom is 0.410 e. The molecule has 6 heteroatoms. The number of allylic oxidation sites excluding steroid dienone is 1. The van der Waals surface area contributed by atoms with Crippen molar-refractivity contribution in [2.45, 2.75) is 45.3 Å². The van der Waals surface area contributed by atoms with Crippen molar-refractivity contribution in [3.05, 3.63) is 29.8 Å². The van der Waals surface area contributed by atoms with E-state index in [9.17, 15) is 4.79 Å². The smallest absolute Gasteiger partial charge is 0.410 e. The van der Waals surface area contributed by atoms with Gasteiger partial charge in [0, 0.05) is 20.1 Å². The Balaban J connectivity index is 1.80. The van der Waals surface area contributed by atoms with Gasteiger partial charge in [0.25, 0.3) is 0 Å². The number of benzene rings is 1. The maximum atomic E-state index is 12.4. The van der Waals surface area contributed by atoms with E-state index in [0.29, 0.717) is 13.1 Å². The quantitative estimate of drug-likeness (QED) is 0.766. The summed E-state index contributed by atoms with van der Waals surface area (Å²) < 4.78 is 22.5. The zero-order chi connectivity index (χ0) is 18.9. The molecule has 1 spiro atoms. The summed E-state index contributed by atoms with van der Waals surface area (Å²) >= 11 is 0. The number of nitrogens with zero attached hydrogens (tertiary/aromatic N) is 1. The summed E-state index contributed by atoms with van der Waals surface area (Å²) in [5, 5.41) is 0. The standard InChI is InChI=1S/C20H27NO5/c1-14-11-20(9-10-21(12-20)18(22)26-19(2,3)4)25-16-8-6-7-15(17(14)16)24-13-23-5/h6-8,11H,9-10,12-13H2,1-5H3. The van der Waals surface area contributed by atoms with E-state index in [1.54, 1.807) is 12.0 Å². The van der Waals surface area contributed by atoms with Crippen molar-refractivity contribution in [1.82, 2.24) is 4.90 Å². The molecule has 0 aliphatic carbocycles. The monoisotopic (exact) mass is 361 g/mol. The van der Waals surface area contributed by atoms with Gasteiger partial charge in [-0.1, -0.05) is 6.07 Å². The molecule has 3 rings (SSSR count). The average Bonchev–Trinajstić information content (AvgIpc) is 2.94. The molecular weight excluding hydrogens is 334 g/mol. The van der Waals surface area contributed by atoms with Gasteiger partial charge in [0.1, 0.15) is 22.7 Å². The summed E-state index contributed by atoms with van der Waals surface area (Å²) in [5.74, 6) is 1.50. The lowest BCUT2D eigenvalue weighted by Crippen LogP contribution is -2.42. The van der Waals surface area contributed by atoms with Crippen LogP contribution in [0.25, 0.3) is 5.57 Å². The Hall–Kier alpha value is -2.21. The van der Waals surface area contributed by atoms with Crippen molar-refractivity contribution in [1.29, 1.82) is 0 Å². The Bertz CT molecular complexity index is 721. The molecule has 0 bridgehead atoms. The molecule has 1 amide bonds. The fourth-order valence-corrected chi connectivity index (χ4v) is 3.43. The number of likely N-dealkylation sites (tertiary alicyclic amines) is 1. The van der Waals surface area contributed by atoms with E-state index in [1.165, 1.54) is 0 Å². The van der Waals surface area contributed by atoms with Crippen LogP contribution in [0.4, 0.5) is 4.79 Å². The van der Waals surface area contributed by atoms with E-state index < -0.39 is 11.2 Å². The molecule has 0 radical (unpaired) electrons. The highest BCUT2D eigenvalue weighted by molar-refractivity contribution is 5.77. The number of methoxy groups -OCH3 is 1. The van der Waals surface area contributed by atoms with E-state index in [1.807, 2.05) is 45.9 Å². The summed E-state index contributed by atoms with van der Waals surface area (Å²) in [4.78, 5) is 14.1. The van der Waals surface area contributed by atoms with E-state index in [2.05, 4.69) is 6.08 Å². The van der Waals surface area contributed by atoms with Crippen molar-refractivity contribution in [2.24, 2.45) is 0 Å². The highest BCUT2D eigenvalue weighted by Crippen LogP contribution is 2.44. The lowest BCUT2D eigenvalue weighted by Gasteiger charge is -2.34. The van der Waals surface area contributed by atoms with Gasteiger partial charge in [0.15, 0.2) is 6.79 Å². The van der Waals surface area contributed by atoms with Crippen molar-refractivity contribution in [2.75, 3.05) is 27.0 Å². The molecule has 26 heavy (non-hydrogen) atoms. The van der Waals surface area contributed by atoms with E-state index >= 15 is 0 Å². The van der Waals surface area contributed by atoms with Gasteiger partial charge in [-0.05, 0) is 51.5 Å². The number of rotatable bonds is 3. The summed E-state index contributed by atoms with van der Waals surface area (Å²) in [6.45, 7) is 8.91. The zero-order valence-corrected chi connectivity index (χ0v) is 16.1. The van der Waals surface area contributed by atoms with Gasteiger partial charge in [-0.25, -0.2) is 4.79 Å². The number of carbonyl (C=O) groups is 1. The van der Waals surface area contributed by atoms with E-state index in [-0.39, 0.29) is 12.9 Å². The third kappa shape index (κ3) is 3.80. The minimum Gasteiger partial charge on any atom is -0.480 e. The molecule has 0 N–H and O–H groups in total. The van der Waals surface area contributed by atoms with E-state index in [4.69, 9.17) is 18.9 Å². The van der Waals surface area contributed by atoms with Gasteiger partial charge in [-0.2, -0.15) is 0 Å². The first-order valence-corrected chi connectivity index (χ1v) is 8.84. The van der Waals surface area contributed by atoms with Crippen molar-refractivity contribution >= 4 is 11.7 Å². The van der Waals surface area contributed by atoms with Crippen LogP contribution in [-0.4, -0.2) is 49.2 Å². The average molecular weight is 361 g/mol. The number of hydrogen-bond acceptors (Lipinski definition) is 5. The third-order valence-corrected chi connectivity index (χ3v) is 4.42. The second-order valence-corrected chi connectivity index (χ2v) is 7.83. The first-order chi connectivity index (χ1) is 12.2. The summed E-state index contributed by atoms with van der Waals surface area (Å²) in [6.07, 6.45) is 2.53. The molecule has 1 unspecified atom stereocenters. The van der Waals surface area contributed by atoms with Crippen LogP contribution in [0.5, 0.6) is 11.5 Å². The SMILES string of the molecule is COCOc1cccc2c1C(C)=CC1(CCN(C(=O)OC(C)(C)C)C1)O2. The minimum atomic E-state index is -0.520. The normalized spacial score (nSPS) is 21.9. The third-order valence-electron chi connectivity index (χ3n) is 4.42. The van der Waals surface area contributed by atoms with Crippen LogP contribution in [0.3, 0.4) is 0 Å². The number of carbonyl (C=O) groups excluding carboxylic acids is 1. The topological polar surface area (TPSA) is 57.2 Å². The molecule has 2 aliphatic heterocycles. The molecule has 0 saturated carbocycles. The van der Waals surface area contributed by atoms with Crippen LogP contribution in [0.15, 0.2) is 24.3 Å². The molecule has 0 aromatic heterocycles. The summed E-state index contributed by atoms with van der Waals surface area (Å²) in [5.41, 5.74) is 0.981. The molecular formula is C20H27NO5. The van der Waals surface area contributed by atoms with Gasteiger partial charge in [0.2, 0.25) is 0 Å². The maximum absolute atomic E-state index is 12.4. The molecule has 1 saturated heterocycles. The largest absolute Gasteiger partial charge is 0.480 e. The van der Waals surface area contributed by atoms with Gasteiger partial charge in [-0.3, -0.25) is 0 Å².